The minimum atomic E-state index is -0.309. The number of halogens is 1. The lowest BCUT2D eigenvalue weighted by molar-refractivity contribution is -0.117. The monoisotopic (exact) mass is 416 g/mol. The first kappa shape index (κ1) is 17.2. The number of thioether (sulfide) groups is 2. The molecule has 1 aliphatic rings. The van der Waals surface area contributed by atoms with Crippen LogP contribution in [0.5, 0.6) is 0 Å². The molecule has 24 heavy (non-hydrogen) atoms. The molecule has 0 saturated heterocycles. The van der Waals surface area contributed by atoms with Crippen LogP contribution in [0.3, 0.4) is 0 Å². The highest BCUT2D eigenvalue weighted by atomic mass is 79.9. The normalized spacial score (nSPS) is 17.3. The van der Waals surface area contributed by atoms with Crippen molar-refractivity contribution in [2.75, 3.05) is 0 Å². The van der Waals surface area contributed by atoms with Crippen molar-refractivity contribution in [3.63, 3.8) is 0 Å². The molecule has 6 heteroatoms. The number of hydrogen-bond donors (Lipinski definition) is 1. The third-order valence-electron chi connectivity index (χ3n) is 3.39. The van der Waals surface area contributed by atoms with Crippen LogP contribution in [-0.2, 0) is 10.5 Å². The fourth-order valence-electron chi connectivity index (χ4n) is 2.23. The van der Waals surface area contributed by atoms with Gasteiger partial charge in [-0.1, -0.05) is 70.2 Å². The summed E-state index contributed by atoms with van der Waals surface area (Å²) in [6, 6.07) is 19.9. The molecule has 1 aliphatic heterocycles. The minimum Gasteiger partial charge on any atom is -0.335 e. The fraction of sp³-hybridized carbons (Fsp3) is 0.111. The maximum Gasteiger partial charge on any atom is 0.264 e. The molecule has 1 atom stereocenters. The van der Waals surface area contributed by atoms with Crippen molar-refractivity contribution in [1.29, 1.82) is 5.26 Å². The van der Waals surface area contributed by atoms with E-state index in [2.05, 4.69) is 21.2 Å². The van der Waals surface area contributed by atoms with Gasteiger partial charge in [0.15, 0.2) is 0 Å². The van der Waals surface area contributed by atoms with E-state index >= 15 is 0 Å². The van der Waals surface area contributed by atoms with Crippen LogP contribution in [0.4, 0.5) is 0 Å². The van der Waals surface area contributed by atoms with E-state index in [1.54, 1.807) is 0 Å². The summed E-state index contributed by atoms with van der Waals surface area (Å²) in [5.41, 5.74) is 2.36. The molecule has 1 amide bonds. The second kappa shape index (κ2) is 7.93. The Balaban J connectivity index is 1.82. The van der Waals surface area contributed by atoms with Crippen LogP contribution < -0.4 is 5.32 Å². The number of carbonyl (C=O) groups excluding carboxylic acids is 1. The van der Waals surface area contributed by atoms with Crippen molar-refractivity contribution < 1.29 is 4.79 Å². The van der Waals surface area contributed by atoms with Gasteiger partial charge in [-0.25, -0.2) is 0 Å². The summed E-state index contributed by atoms with van der Waals surface area (Å²) in [6.07, 6.45) is 0. The Morgan fingerprint density at radius 3 is 2.71 bits per heavy atom. The molecule has 1 heterocycles. The van der Waals surface area contributed by atoms with Crippen LogP contribution in [0.2, 0.25) is 0 Å². The van der Waals surface area contributed by atoms with Crippen molar-refractivity contribution in [3.05, 3.63) is 80.0 Å². The number of amides is 1. The lowest BCUT2D eigenvalue weighted by atomic mass is 10.2. The van der Waals surface area contributed by atoms with E-state index in [-0.39, 0.29) is 16.9 Å². The first-order valence-electron chi connectivity index (χ1n) is 7.21. The number of nitrogens with one attached hydrogen (secondary N) is 1. The summed E-state index contributed by atoms with van der Waals surface area (Å²) >= 11 is 6.51. The number of nitrogens with zero attached hydrogens (tertiary/aromatic N) is 1. The molecule has 1 unspecified atom stereocenters. The molecule has 0 saturated carbocycles. The molecule has 120 valence electrons. The molecule has 0 radical (unpaired) electrons. The largest absolute Gasteiger partial charge is 0.335 e. The zero-order valence-electron chi connectivity index (χ0n) is 12.5. The molecule has 2 aromatic carbocycles. The standard InChI is InChI=1S/C18H13BrN2OS2/c19-14-8-4-7-13(9-14)17-21-16(22)15(10-20)18(24-17)23-11-12-5-2-1-3-6-12/h1-9,17H,11H2,(H,21,22). The third-order valence-corrected chi connectivity index (χ3v) is 6.52. The maximum absolute atomic E-state index is 12.3. The second-order valence-electron chi connectivity index (χ2n) is 5.07. The molecule has 0 spiro atoms. The maximum atomic E-state index is 12.3. The average Bonchev–Trinajstić information content (AvgIpc) is 2.60. The number of hydrogen-bond acceptors (Lipinski definition) is 4. The molecule has 0 bridgehead atoms. The summed E-state index contributed by atoms with van der Waals surface area (Å²) in [6.45, 7) is 0. The Kier molecular flexibility index (Phi) is 5.67. The summed E-state index contributed by atoms with van der Waals surface area (Å²) in [5, 5.41) is 12.0. The van der Waals surface area contributed by atoms with E-state index in [9.17, 15) is 10.1 Å². The Bertz CT molecular complexity index is 830. The molecule has 1 N–H and O–H groups in total. The number of benzene rings is 2. The van der Waals surface area contributed by atoms with Gasteiger partial charge in [0.25, 0.3) is 5.91 Å². The van der Waals surface area contributed by atoms with E-state index < -0.39 is 0 Å². The third kappa shape index (κ3) is 4.04. The quantitative estimate of drug-likeness (QED) is 0.763. The van der Waals surface area contributed by atoms with Gasteiger partial charge in [-0.3, -0.25) is 4.79 Å². The summed E-state index contributed by atoms with van der Waals surface area (Å²) in [5.74, 6) is 0.420. The van der Waals surface area contributed by atoms with Crippen LogP contribution in [0.1, 0.15) is 16.5 Å². The second-order valence-corrected chi connectivity index (χ2v) is 8.35. The Morgan fingerprint density at radius 2 is 2.00 bits per heavy atom. The first-order valence-corrected chi connectivity index (χ1v) is 9.87. The zero-order valence-corrected chi connectivity index (χ0v) is 15.7. The number of carbonyl (C=O) groups is 1. The SMILES string of the molecule is N#CC1=C(SCc2ccccc2)SC(c2cccc(Br)c2)NC1=O. The van der Waals surface area contributed by atoms with Crippen LogP contribution >= 0.6 is 39.5 Å². The highest BCUT2D eigenvalue weighted by Crippen LogP contribution is 2.44. The molecule has 0 aliphatic carbocycles. The van der Waals surface area contributed by atoms with E-state index in [1.165, 1.54) is 23.5 Å². The molecule has 2 aromatic rings. The van der Waals surface area contributed by atoms with E-state index in [0.29, 0.717) is 0 Å². The van der Waals surface area contributed by atoms with Gasteiger partial charge in [0.1, 0.15) is 17.0 Å². The Hall–Kier alpha value is -1.68. The highest BCUT2D eigenvalue weighted by Gasteiger charge is 2.29. The van der Waals surface area contributed by atoms with E-state index in [0.717, 1.165) is 25.6 Å². The molecular weight excluding hydrogens is 404 g/mol. The van der Waals surface area contributed by atoms with Gasteiger partial charge in [-0.05, 0) is 23.3 Å². The summed E-state index contributed by atoms with van der Waals surface area (Å²) in [7, 11) is 0. The van der Waals surface area contributed by atoms with Crippen LogP contribution in [0.15, 0.2) is 68.9 Å². The van der Waals surface area contributed by atoms with Gasteiger partial charge in [0, 0.05) is 10.2 Å². The number of rotatable bonds is 4. The van der Waals surface area contributed by atoms with E-state index in [4.69, 9.17) is 0 Å². The smallest absolute Gasteiger partial charge is 0.264 e. The van der Waals surface area contributed by atoms with Gasteiger partial charge in [0.2, 0.25) is 0 Å². The van der Waals surface area contributed by atoms with Gasteiger partial charge in [-0.15, -0.1) is 11.8 Å². The van der Waals surface area contributed by atoms with Crippen LogP contribution in [-0.4, -0.2) is 5.91 Å². The minimum absolute atomic E-state index is 0.189. The molecule has 0 fully saturated rings. The van der Waals surface area contributed by atoms with Crippen molar-refractivity contribution in [1.82, 2.24) is 5.32 Å². The number of nitriles is 1. The van der Waals surface area contributed by atoms with Crippen molar-refractivity contribution in [2.45, 2.75) is 11.1 Å². The lowest BCUT2D eigenvalue weighted by Crippen LogP contribution is -2.31. The first-order chi connectivity index (χ1) is 11.7. The Labute approximate surface area is 157 Å². The van der Waals surface area contributed by atoms with Gasteiger partial charge < -0.3 is 5.32 Å². The van der Waals surface area contributed by atoms with Gasteiger partial charge in [-0.2, -0.15) is 5.26 Å². The summed E-state index contributed by atoms with van der Waals surface area (Å²) < 4.78 is 1.73. The molecule has 3 nitrogen and oxygen atoms in total. The lowest BCUT2D eigenvalue weighted by Gasteiger charge is -2.25. The predicted octanol–water partition coefficient (Wildman–Crippen LogP) is 4.98. The Morgan fingerprint density at radius 1 is 1.21 bits per heavy atom. The molecular formula is C18H13BrN2OS2. The van der Waals surface area contributed by atoms with E-state index in [1.807, 2.05) is 60.7 Å². The predicted molar refractivity (Wildman–Crippen MR) is 103 cm³/mol. The van der Waals surface area contributed by atoms with Gasteiger partial charge >= 0.3 is 0 Å². The highest BCUT2D eigenvalue weighted by molar-refractivity contribution is 9.10. The van der Waals surface area contributed by atoms with Crippen molar-refractivity contribution in [2.24, 2.45) is 0 Å². The average molecular weight is 417 g/mol. The fourth-order valence-corrected chi connectivity index (χ4v) is 5.07. The molecule has 3 rings (SSSR count). The van der Waals surface area contributed by atoms with Crippen LogP contribution in [0, 0.1) is 11.3 Å². The summed E-state index contributed by atoms with van der Waals surface area (Å²) in [4.78, 5) is 12.3. The molecule has 0 aromatic heterocycles. The topological polar surface area (TPSA) is 52.9 Å². The van der Waals surface area contributed by atoms with Crippen molar-refractivity contribution >= 4 is 45.4 Å². The van der Waals surface area contributed by atoms with Crippen LogP contribution in [0.25, 0.3) is 0 Å². The zero-order chi connectivity index (χ0) is 16.9. The van der Waals surface area contributed by atoms with Crippen molar-refractivity contribution in [3.8, 4) is 6.07 Å². The van der Waals surface area contributed by atoms with Gasteiger partial charge in [0.05, 0.1) is 4.24 Å².